The number of hydrogen-bond donors (Lipinski definition) is 1. The first kappa shape index (κ1) is 24.0. The summed E-state index contributed by atoms with van der Waals surface area (Å²) >= 11 is 0. The van der Waals surface area contributed by atoms with Crippen LogP contribution in [0.3, 0.4) is 0 Å². The number of nitrogens with zero attached hydrogens (tertiary/aromatic N) is 2. The van der Waals surface area contributed by atoms with E-state index in [0.29, 0.717) is 11.1 Å². The van der Waals surface area contributed by atoms with Crippen molar-refractivity contribution in [1.29, 1.82) is 0 Å². The molecule has 2 aromatic rings. The average molecular weight is 426 g/mol. The third kappa shape index (κ3) is 5.87. The van der Waals surface area contributed by atoms with Crippen LogP contribution in [0, 0.1) is 25.5 Å². The smallest absolute Gasteiger partial charge is 0.166 e. The highest BCUT2D eigenvalue weighted by molar-refractivity contribution is 5.90. The molecule has 0 amide bonds. The van der Waals surface area contributed by atoms with Crippen LogP contribution in [0.15, 0.2) is 53.8 Å². The van der Waals surface area contributed by atoms with Gasteiger partial charge in [-0.2, -0.15) is 0 Å². The van der Waals surface area contributed by atoms with Gasteiger partial charge in [0.05, 0.1) is 5.71 Å². The third-order valence-electron chi connectivity index (χ3n) is 5.05. The molecular weight excluding hydrogens is 396 g/mol. The highest BCUT2D eigenvalue weighted by Crippen LogP contribution is 2.23. The highest BCUT2D eigenvalue weighted by atomic mass is 19.2. The Balaban J connectivity index is 2.36. The number of aryl methyl sites for hydroxylation is 2. The Kier molecular flexibility index (Phi) is 8.25. The largest absolute Gasteiger partial charge is 0.360 e. The molecule has 0 fully saturated rings. The molecule has 0 heterocycles. The number of anilines is 1. The van der Waals surface area contributed by atoms with Crippen molar-refractivity contribution in [2.24, 2.45) is 4.99 Å². The van der Waals surface area contributed by atoms with Crippen molar-refractivity contribution in [2.75, 3.05) is 12.4 Å². The maximum Gasteiger partial charge on any atom is 0.166 e. The molecule has 4 nitrogen and oxygen atoms in total. The van der Waals surface area contributed by atoms with E-state index in [2.05, 4.69) is 10.3 Å². The number of aliphatic imine (C=N–C) groups is 1. The van der Waals surface area contributed by atoms with Gasteiger partial charge in [-0.05, 0) is 75.7 Å². The number of carbonyl (C=O) groups excluding carboxylic acids is 1. The molecule has 0 saturated heterocycles. The molecule has 0 radical (unpaired) electrons. The maximum absolute atomic E-state index is 14.3. The first-order valence-corrected chi connectivity index (χ1v) is 10.0. The summed E-state index contributed by atoms with van der Waals surface area (Å²) in [6, 6.07) is 8.62. The van der Waals surface area contributed by atoms with Crippen LogP contribution in [0.1, 0.15) is 47.8 Å². The lowest BCUT2D eigenvalue weighted by Crippen LogP contribution is -2.40. The van der Waals surface area contributed by atoms with E-state index >= 15 is 0 Å². The van der Waals surface area contributed by atoms with Crippen LogP contribution >= 0.6 is 0 Å². The van der Waals surface area contributed by atoms with Crippen molar-refractivity contribution >= 4 is 23.3 Å². The fraction of sp³-hybridized carbons (Fsp3) is 0.280. The molecule has 0 aliphatic heterocycles. The highest BCUT2D eigenvalue weighted by Gasteiger charge is 2.16. The lowest BCUT2D eigenvalue weighted by atomic mass is 10.1. The second kappa shape index (κ2) is 10.7. The van der Waals surface area contributed by atoms with Gasteiger partial charge in [0.15, 0.2) is 11.6 Å². The number of carbonyl (C=O) groups is 1. The normalized spacial score (nSPS) is 13.4. The molecule has 1 N–H and O–H groups in total. The lowest BCUT2D eigenvalue weighted by Gasteiger charge is -2.29. The number of rotatable bonds is 8. The van der Waals surface area contributed by atoms with E-state index in [-0.39, 0.29) is 17.3 Å². The van der Waals surface area contributed by atoms with Crippen LogP contribution < -0.4 is 5.32 Å². The minimum absolute atomic E-state index is 0.186. The first-order chi connectivity index (χ1) is 14.7. The predicted octanol–water partition coefficient (Wildman–Crippen LogP) is 6.12. The number of benzene rings is 2. The average Bonchev–Trinajstić information content (AvgIpc) is 2.74. The number of halogens is 2. The van der Waals surface area contributed by atoms with Crippen molar-refractivity contribution in [2.45, 2.75) is 40.8 Å². The van der Waals surface area contributed by atoms with Gasteiger partial charge in [0.25, 0.3) is 0 Å². The van der Waals surface area contributed by atoms with Crippen LogP contribution in [0.4, 0.5) is 14.5 Å². The van der Waals surface area contributed by atoms with Crippen LogP contribution in [0.25, 0.3) is 5.57 Å². The summed E-state index contributed by atoms with van der Waals surface area (Å²) in [6.45, 7) is 8.88. The van der Waals surface area contributed by atoms with Crippen molar-refractivity contribution in [1.82, 2.24) is 4.90 Å². The minimum Gasteiger partial charge on any atom is -0.360 e. The quantitative estimate of drug-likeness (QED) is 0.315. The summed E-state index contributed by atoms with van der Waals surface area (Å²) in [5.41, 5.74) is 4.05. The molecule has 0 saturated carbocycles. The number of hydrogen-bond acceptors (Lipinski definition) is 4. The Morgan fingerprint density at radius 2 is 1.81 bits per heavy atom. The summed E-state index contributed by atoms with van der Waals surface area (Å²) in [4.78, 5) is 17.6. The van der Waals surface area contributed by atoms with Gasteiger partial charge in [-0.3, -0.25) is 9.79 Å². The summed E-state index contributed by atoms with van der Waals surface area (Å²) in [5, 5.41) is 3.41. The van der Waals surface area contributed by atoms with Gasteiger partial charge >= 0.3 is 0 Å². The zero-order valence-corrected chi connectivity index (χ0v) is 18.8. The standard InChI is InChI=1S/C25H29F2N3O/c1-7-12-30(6)25(29-21-10-9-20(15-31)17(3)13-21)19(5)28-14-18(4)22-11-8-16(2)23(26)24(22)27/h7-15,25,29H,1-6H3/b12-7-,18-14+,28-19+. The van der Waals surface area contributed by atoms with Crippen molar-refractivity contribution in [3.8, 4) is 0 Å². The van der Waals surface area contributed by atoms with Gasteiger partial charge in [-0.1, -0.05) is 18.2 Å². The monoisotopic (exact) mass is 425 g/mol. The summed E-state index contributed by atoms with van der Waals surface area (Å²) in [7, 11) is 1.91. The van der Waals surface area contributed by atoms with Gasteiger partial charge in [0.1, 0.15) is 12.5 Å². The molecule has 0 bridgehead atoms. The minimum atomic E-state index is -0.868. The Morgan fingerprint density at radius 1 is 1.10 bits per heavy atom. The zero-order chi connectivity index (χ0) is 23.1. The number of allylic oxidation sites excluding steroid dienone is 2. The van der Waals surface area contributed by atoms with Gasteiger partial charge in [-0.25, -0.2) is 8.78 Å². The summed E-state index contributed by atoms with van der Waals surface area (Å²) in [6.07, 6.45) is 5.90. The number of aldehydes is 1. The second-order valence-corrected chi connectivity index (χ2v) is 7.52. The Labute approximate surface area is 183 Å². The van der Waals surface area contributed by atoms with Crippen LogP contribution in [0.5, 0.6) is 0 Å². The molecule has 1 unspecified atom stereocenters. The molecule has 0 spiro atoms. The van der Waals surface area contributed by atoms with Gasteiger partial charge in [0.2, 0.25) is 0 Å². The fourth-order valence-electron chi connectivity index (χ4n) is 3.17. The molecule has 2 rings (SSSR count). The lowest BCUT2D eigenvalue weighted by molar-refractivity contribution is 0.112. The number of nitrogens with one attached hydrogen (secondary N) is 1. The Hall–Kier alpha value is -3.28. The van der Waals surface area contributed by atoms with Crippen LogP contribution in [-0.4, -0.2) is 30.1 Å². The van der Waals surface area contributed by atoms with E-state index in [4.69, 9.17) is 0 Å². The maximum atomic E-state index is 14.3. The molecule has 31 heavy (non-hydrogen) atoms. The zero-order valence-electron chi connectivity index (χ0n) is 18.8. The summed E-state index contributed by atoms with van der Waals surface area (Å²) < 4.78 is 28.2. The van der Waals surface area contributed by atoms with Gasteiger partial charge in [-0.15, -0.1) is 0 Å². The molecular formula is C25H29F2N3O. The van der Waals surface area contributed by atoms with Gasteiger partial charge in [0, 0.05) is 30.1 Å². The predicted molar refractivity (Wildman–Crippen MR) is 124 cm³/mol. The van der Waals surface area contributed by atoms with E-state index < -0.39 is 11.6 Å². The van der Waals surface area contributed by atoms with E-state index in [1.165, 1.54) is 6.92 Å². The molecule has 0 aliphatic rings. The van der Waals surface area contributed by atoms with Crippen molar-refractivity contribution < 1.29 is 13.6 Å². The van der Waals surface area contributed by atoms with Crippen LogP contribution in [-0.2, 0) is 0 Å². The molecule has 0 aliphatic carbocycles. The van der Waals surface area contributed by atoms with E-state index in [1.54, 1.807) is 31.3 Å². The van der Waals surface area contributed by atoms with Gasteiger partial charge < -0.3 is 10.2 Å². The Morgan fingerprint density at radius 3 is 2.42 bits per heavy atom. The fourth-order valence-corrected chi connectivity index (χ4v) is 3.17. The first-order valence-electron chi connectivity index (χ1n) is 10.0. The summed E-state index contributed by atoms with van der Waals surface area (Å²) in [5.74, 6) is -1.71. The molecule has 1 atom stereocenters. The second-order valence-electron chi connectivity index (χ2n) is 7.52. The third-order valence-corrected chi connectivity index (χ3v) is 5.05. The topological polar surface area (TPSA) is 44.7 Å². The molecule has 0 aromatic heterocycles. The van der Waals surface area contributed by atoms with Crippen LogP contribution in [0.2, 0.25) is 0 Å². The van der Waals surface area contributed by atoms with E-state index in [0.717, 1.165) is 23.2 Å². The molecule has 6 heteroatoms. The Bertz CT molecular complexity index is 1040. The van der Waals surface area contributed by atoms with Crippen molar-refractivity contribution in [3.63, 3.8) is 0 Å². The molecule has 2 aromatic carbocycles. The van der Waals surface area contributed by atoms with Crippen molar-refractivity contribution in [3.05, 3.63) is 82.7 Å². The molecule has 164 valence electrons. The SMILES string of the molecule is C/C=C\N(C)C(Nc1ccc(C=O)c(C)c1)/C(C)=N/C=C(\C)c1ccc(C)c(F)c1F. The van der Waals surface area contributed by atoms with E-state index in [9.17, 15) is 13.6 Å². The van der Waals surface area contributed by atoms with E-state index in [1.807, 2.05) is 57.1 Å².